The van der Waals surface area contributed by atoms with E-state index in [-0.39, 0.29) is 5.69 Å². The number of benzene rings is 1. The second-order valence-corrected chi connectivity index (χ2v) is 6.37. The minimum Gasteiger partial charge on any atom is -0.265 e. The lowest BCUT2D eigenvalue weighted by Gasteiger charge is -2.25. The zero-order chi connectivity index (χ0) is 15.6. The number of alkyl halides is 3. The van der Waals surface area contributed by atoms with Gasteiger partial charge in [-0.25, -0.2) is 4.39 Å². The van der Waals surface area contributed by atoms with Crippen LogP contribution in [0.5, 0.6) is 0 Å². The van der Waals surface area contributed by atoms with E-state index in [1.54, 1.807) is 6.92 Å². The maximum absolute atomic E-state index is 13.9. The van der Waals surface area contributed by atoms with Crippen molar-refractivity contribution in [1.82, 2.24) is 0 Å². The summed E-state index contributed by atoms with van der Waals surface area (Å²) in [5, 5.41) is 0. The average molecular weight is 317 g/mol. The maximum atomic E-state index is 13.9. The van der Waals surface area contributed by atoms with Gasteiger partial charge in [0.1, 0.15) is 5.82 Å². The number of rotatable bonds is 4. The van der Waals surface area contributed by atoms with Crippen LogP contribution < -0.4 is 0 Å². The van der Waals surface area contributed by atoms with E-state index >= 15 is 0 Å². The molecule has 0 N–H and O–H groups in total. The molecular weight excluding hydrogens is 301 g/mol. The van der Waals surface area contributed by atoms with Gasteiger partial charge in [0.2, 0.25) is 0 Å². The van der Waals surface area contributed by atoms with Gasteiger partial charge in [-0.1, -0.05) is 6.42 Å². The van der Waals surface area contributed by atoms with Crippen LogP contribution in [0.1, 0.15) is 24.8 Å². The number of halogens is 4. The lowest BCUT2D eigenvalue weighted by molar-refractivity contribution is -0.105. The van der Waals surface area contributed by atoms with E-state index in [1.165, 1.54) is 12.1 Å². The molecule has 114 valence electrons. The summed E-state index contributed by atoms with van der Waals surface area (Å²) < 4.78 is 50.8. The van der Waals surface area contributed by atoms with Gasteiger partial charge in [0.15, 0.2) is 7.85 Å². The first-order valence-electron chi connectivity index (χ1n) is 6.81. The van der Waals surface area contributed by atoms with Crippen molar-refractivity contribution >= 4 is 30.9 Å². The van der Waals surface area contributed by atoms with Crippen molar-refractivity contribution in [2.24, 2.45) is 10.9 Å². The number of thioether (sulfide) groups is 1. The molecule has 1 aliphatic carbocycles. The number of aryl methyl sites for hydroxylation is 1. The van der Waals surface area contributed by atoms with Crippen molar-refractivity contribution < 1.29 is 17.6 Å². The zero-order valence-corrected chi connectivity index (χ0v) is 12.7. The number of aliphatic imine (C=N–C) groups is 1. The molecule has 1 saturated carbocycles. The van der Waals surface area contributed by atoms with Crippen LogP contribution in [0.2, 0.25) is 0 Å². The first-order chi connectivity index (χ1) is 9.76. The monoisotopic (exact) mass is 317 g/mol. The highest BCUT2D eigenvalue weighted by atomic mass is 32.2. The predicted molar refractivity (Wildman–Crippen MR) is 80.9 cm³/mol. The van der Waals surface area contributed by atoms with Gasteiger partial charge in [-0.15, -0.1) is 11.8 Å². The molecule has 1 aromatic carbocycles. The number of nitrogens with zero attached hydrogens (tertiary/aromatic N) is 1. The first kappa shape index (κ1) is 16.4. The molecule has 7 heteroatoms. The molecule has 0 aliphatic heterocycles. The molecule has 0 amide bonds. The Balaban J connectivity index is 2.21. The molecule has 0 heterocycles. The molecule has 1 aromatic rings. The minimum atomic E-state index is -4.24. The largest absolute Gasteiger partial charge is 0.398 e. The average Bonchev–Trinajstić information content (AvgIpc) is 2.27. The molecule has 2 rings (SSSR count). The van der Waals surface area contributed by atoms with Gasteiger partial charge in [0, 0.05) is 4.90 Å². The maximum Gasteiger partial charge on any atom is 0.398 e. The molecule has 0 aromatic heterocycles. The van der Waals surface area contributed by atoms with Crippen LogP contribution in [-0.2, 0) is 0 Å². The van der Waals surface area contributed by atoms with Crippen LogP contribution in [0, 0.1) is 18.7 Å². The third-order valence-electron chi connectivity index (χ3n) is 3.63. The Morgan fingerprint density at radius 2 is 2.05 bits per heavy atom. The number of hydrogen-bond acceptors (Lipinski definition) is 2. The fraction of sp³-hybridized carbons (Fsp3) is 0.500. The Bertz CT molecular complexity index is 553. The Morgan fingerprint density at radius 3 is 2.57 bits per heavy atom. The second-order valence-electron chi connectivity index (χ2n) is 5.35. The summed E-state index contributed by atoms with van der Waals surface area (Å²) in [4.78, 5) is 4.70. The van der Waals surface area contributed by atoms with Crippen LogP contribution in [-0.4, -0.2) is 25.4 Å². The van der Waals surface area contributed by atoms with Crippen molar-refractivity contribution in [1.29, 1.82) is 0 Å². The summed E-state index contributed by atoms with van der Waals surface area (Å²) >= 11 is 0.671. The molecule has 0 spiro atoms. The van der Waals surface area contributed by atoms with E-state index < -0.39 is 17.7 Å². The highest BCUT2D eigenvalue weighted by Gasteiger charge is 2.28. The molecule has 0 atom stereocenters. The molecule has 0 radical (unpaired) electrons. The van der Waals surface area contributed by atoms with Crippen LogP contribution >= 0.6 is 11.8 Å². The van der Waals surface area contributed by atoms with Crippen molar-refractivity contribution in [2.75, 3.05) is 5.75 Å². The fourth-order valence-electron chi connectivity index (χ4n) is 2.15. The van der Waals surface area contributed by atoms with Gasteiger partial charge in [0.25, 0.3) is 0 Å². The first-order valence-corrected chi connectivity index (χ1v) is 7.79. The van der Waals surface area contributed by atoms with Gasteiger partial charge in [-0.2, -0.15) is 13.2 Å². The molecule has 0 bridgehead atoms. The van der Waals surface area contributed by atoms with Crippen LogP contribution in [0.25, 0.3) is 0 Å². The summed E-state index contributed by atoms with van der Waals surface area (Å²) in [6, 6.07) is 2.68. The standard InChI is InChI=1S/C14H16BF4NS/c1-8-5-10(16)11(20-13(15)9-3-2-4-9)6-12(8)21-7-14(17,18)19/h5-6,9H,2-4,7,15H2,1H3/b20-13-. The number of hydrogen-bond donors (Lipinski definition) is 0. The summed E-state index contributed by atoms with van der Waals surface area (Å²) in [5.41, 5.74) is 1.49. The zero-order valence-electron chi connectivity index (χ0n) is 11.9. The van der Waals surface area contributed by atoms with Crippen molar-refractivity contribution in [3.05, 3.63) is 23.5 Å². The minimum absolute atomic E-state index is 0.134. The molecule has 0 unspecified atom stereocenters. The Hall–Kier alpha value is -0.975. The van der Waals surface area contributed by atoms with E-state index in [1.807, 2.05) is 7.85 Å². The van der Waals surface area contributed by atoms with E-state index in [0.29, 0.717) is 28.1 Å². The lowest BCUT2D eigenvalue weighted by Crippen LogP contribution is -2.21. The fourth-order valence-corrected chi connectivity index (χ4v) is 2.95. The van der Waals surface area contributed by atoms with E-state index in [4.69, 9.17) is 0 Å². The van der Waals surface area contributed by atoms with Gasteiger partial charge in [-0.3, -0.25) is 4.99 Å². The Labute approximate surface area is 126 Å². The normalized spacial score (nSPS) is 16.9. The SMILES string of the molecule is B/C(=N\c1cc(SCC(F)(F)F)c(C)cc1F)C1CCC1. The summed E-state index contributed by atoms with van der Waals surface area (Å²) in [5.74, 6) is -1.08. The smallest absolute Gasteiger partial charge is 0.265 e. The van der Waals surface area contributed by atoms with E-state index in [0.717, 1.165) is 24.9 Å². The molecule has 0 saturated heterocycles. The van der Waals surface area contributed by atoms with E-state index in [9.17, 15) is 17.6 Å². The lowest BCUT2D eigenvalue weighted by atomic mass is 9.74. The van der Waals surface area contributed by atoms with Crippen LogP contribution in [0.15, 0.2) is 22.0 Å². The summed E-state index contributed by atoms with van der Waals surface area (Å²) in [6.45, 7) is 1.61. The predicted octanol–water partition coefficient (Wildman–Crippen LogP) is 4.25. The molecule has 1 nitrogen and oxygen atoms in total. The molecule has 21 heavy (non-hydrogen) atoms. The Morgan fingerprint density at radius 1 is 1.38 bits per heavy atom. The highest BCUT2D eigenvalue weighted by Crippen LogP contribution is 2.34. The molecule has 1 aliphatic rings. The third kappa shape index (κ3) is 4.50. The van der Waals surface area contributed by atoms with E-state index in [2.05, 4.69) is 4.99 Å². The molecule has 1 fully saturated rings. The Kier molecular flexibility index (Phi) is 5.01. The van der Waals surface area contributed by atoms with Gasteiger partial charge in [-0.05, 0) is 49.0 Å². The van der Waals surface area contributed by atoms with Crippen molar-refractivity contribution in [3.8, 4) is 0 Å². The highest BCUT2D eigenvalue weighted by molar-refractivity contribution is 7.99. The van der Waals surface area contributed by atoms with Crippen LogP contribution in [0.3, 0.4) is 0 Å². The summed E-state index contributed by atoms with van der Waals surface area (Å²) in [6.07, 6.45) is -0.978. The van der Waals surface area contributed by atoms with Gasteiger partial charge < -0.3 is 0 Å². The van der Waals surface area contributed by atoms with Crippen LogP contribution in [0.4, 0.5) is 23.2 Å². The second kappa shape index (κ2) is 6.42. The topological polar surface area (TPSA) is 12.4 Å². The van der Waals surface area contributed by atoms with Crippen molar-refractivity contribution in [2.45, 2.75) is 37.3 Å². The van der Waals surface area contributed by atoms with Gasteiger partial charge in [0.05, 0.1) is 11.4 Å². The summed E-state index contributed by atoms with van der Waals surface area (Å²) in [7, 11) is 1.85. The molecular formula is C14H16BF4NS. The quantitative estimate of drug-likeness (QED) is 0.350. The van der Waals surface area contributed by atoms with Gasteiger partial charge >= 0.3 is 6.18 Å². The van der Waals surface area contributed by atoms with Crippen molar-refractivity contribution in [3.63, 3.8) is 0 Å². The third-order valence-corrected chi connectivity index (χ3v) is 4.85.